The number of nitrogens with one attached hydrogen (secondary N) is 1. The summed E-state index contributed by atoms with van der Waals surface area (Å²) < 4.78 is 0. The SMILES string of the molecule is O=C(NC1CCCN(c2ccc(Cl)c(Cl)c2)C1=O)c1ccnc(N2CCCC2)n1. The summed E-state index contributed by atoms with van der Waals surface area (Å²) in [5.41, 5.74) is 0.933. The number of anilines is 2. The van der Waals surface area contributed by atoms with Crippen molar-refractivity contribution in [3.63, 3.8) is 0 Å². The first kappa shape index (κ1) is 19.9. The molecule has 2 saturated heterocycles. The summed E-state index contributed by atoms with van der Waals surface area (Å²) in [4.78, 5) is 38.1. The molecule has 1 unspecified atom stereocenters. The van der Waals surface area contributed by atoms with E-state index in [0.29, 0.717) is 34.6 Å². The monoisotopic (exact) mass is 433 g/mol. The lowest BCUT2D eigenvalue weighted by Gasteiger charge is -2.32. The van der Waals surface area contributed by atoms with Crippen molar-refractivity contribution in [1.82, 2.24) is 15.3 Å². The number of rotatable bonds is 4. The van der Waals surface area contributed by atoms with Crippen molar-refractivity contribution < 1.29 is 9.59 Å². The van der Waals surface area contributed by atoms with Gasteiger partial charge in [-0.05, 0) is 49.9 Å². The van der Waals surface area contributed by atoms with E-state index in [-0.39, 0.29) is 17.5 Å². The van der Waals surface area contributed by atoms with Gasteiger partial charge in [0.1, 0.15) is 11.7 Å². The Labute approximate surface area is 179 Å². The highest BCUT2D eigenvalue weighted by molar-refractivity contribution is 6.42. The van der Waals surface area contributed by atoms with Gasteiger partial charge in [-0.3, -0.25) is 9.59 Å². The van der Waals surface area contributed by atoms with Crippen LogP contribution in [0.3, 0.4) is 0 Å². The van der Waals surface area contributed by atoms with E-state index in [0.717, 1.165) is 32.4 Å². The second-order valence-corrected chi connectivity index (χ2v) is 8.01. The third-order valence-electron chi connectivity index (χ3n) is 5.22. The van der Waals surface area contributed by atoms with Gasteiger partial charge in [0.25, 0.3) is 5.91 Å². The number of benzene rings is 1. The number of hydrogen-bond acceptors (Lipinski definition) is 5. The zero-order valence-electron chi connectivity index (χ0n) is 15.8. The second kappa shape index (κ2) is 8.55. The Bertz CT molecular complexity index is 933. The molecule has 0 aliphatic carbocycles. The van der Waals surface area contributed by atoms with Crippen molar-refractivity contribution in [1.29, 1.82) is 0 Å². The van der Waals surface area contributed by atoms with E-state index >= 15 is 0 Å². The van der Waals surface area contributed by atoms with Gasteiger partial charge in [-0.25, -0.2) is 9.97 Å². The van der Waals surface area contributed by atoms with Crippen molar-refractivity contribution in [2.75, 3.05) is 29.4 Å². The van der Waals surface area contributed by atoms with Crippen LogP contribution < -0.4 is 15.1 Å². The van der Waals surface area contributed by atoms with E-state index in [1.54, 1.807) is 35.4 Å². The van der Waals surface area contributed by atoms with Crippen LogP contribution in [0.25, 0.3) is 0 Å². The molecule has 0 spiro atoms. The number of carbonyl (C=O) groups is 2. The minimum Gasteiger partial charge on any atom is -0.341 e. The van der Waals surface area contributed by atoms with Crippen LogP contribution in [0.2, 0.25) is 10.0 Å². The molecule has 1 N–H and O–H groups in total. The summed E-state index contributed by atoms with van der Waals surface area (Å²) in [7, 11) is 0. The average Bonchev–Trinajstić information content (AvgIpc) is 3.27. The maximum atomic E-state index is 13.0. The van der Waals surface area contributed by atoms with Gasteiger partial charge in [-0.15, -0.1) is 0 Å². The van der Waals surface area contributed by atoms with Crippen molar-refractivity contribution in [2.45, 2.75) is 31.7 Å². The van der Waals surface area contributed by atoms with Gasteiger partial charge < -0.3 is 15.1 Å². The zero-order chi connectivity index (χ0) is 20.4. The van der Waals surface area contributed by atoms with Crippen LogP contribution in [0.15, 0.2) is 30.5 Å². The fraction of sp³-hybridized carbons (Fsp3) is 0.400. The summed E-state index contributed by atoms with van der Waals surface area (Å²) in [6.07, 6.45) is 5.12. The highest BCUT2D eigenvalue weighted by Gasteiger charge is 2.31. The molecule has 3 heterocycles. The number of carbonyl (C=O) groups excluding carboxylic acids is 2. The molecule has 1 aromatic heterocycles. The van der Waals surface area contributed by atoms with Crippen molar-refractivity contribution in [2.24, 2.45) is 0 Å². The molecular formula is C20H21Cl2N5O2. The molecule has 7 nitrogen and oxygen atoms in total. The molecule has 2 fully saturated rings. The first-order chi connectivity index (χ1) is 14.0. The van der Waals surface area contributed by atoms with E-state index in [1.165, 1.54) is 0 Å². The molecule has 29 heavy (non-hydrogen) atoms. The Hall–Kier alpha value is -2.38. The maximum absolute atomic E-state index is 13.0. The number of piperidine rings is 1. The summed E-state index contributed by atoms with van der Waals surface area (Å²) in [5, 5.41) is 3.65. The fourth-order valence-corrected chi connectivity index (χ4v) is 3.99. The summed E-state index contributed by atoms with van der Waals surface area (Å²) >= 11 is 12.1. The highest BCUT2D eigenvalue weighted by atomic mass is 35.5. The largest absolute Gasteiger partial charge is 0.341 e. The second-order valence-electron chi connectivity index (χ2n) is 7.19. The Balaban J connectivity index is 1.47. The molecule has 0 radical (unpaired) electrons. The number of nitrogens with zero attached hydrogens (tertiary/aromatic N) is 4. The van der Waals surface area contributed by atoms with E-state index in [4.69, 9.17) is 23.2 Å². The molecule has 152 valence electrons. The molecule has 0 saturated carbocycles. The van der Waals surface area contributed by atoms with Crippen molar-refractivity contribution >= 4 is 46.7 Å². The lowest BCUT2D eigenvalue weighted by molar-refractivity contribution is -0.121. The van der Waals surface area contributed by atoms with E-state index in [2.05, 4.69) is 20.2 Å². The number of hydrogen-bond donors (Lipinski definition) is 1. The summed E-state index contributed by atoms with van der Waals surface area (Å²) in [6, 6.07) is 6.03. The summed E-state index contributed by atoms with van der Waals surface area (Å²) in [5.74, 6) is 0.0153. The van der Waals surface area contributed by atoms with Gasteiger partial charge >= 0.3 is 0 Å². The molecule has 2 aromatic rings. The first-order valence-corrected chi connectivity index (χ1v) is 10.4. The topological polar surface area (TPSA) is 78.4 Å². The highest BCUT2D eigenvalue weighted by Crippen LogP contribution is 2.29. The molecular weight excluding hydrogens is 413 g/mol. The predicted molar refractivity (Wildman–Crippen MR) is 113 cm³/mol. The normalized spacial score (nSPS) is 19.5. The molecule has 2 amide bonds. The van der Waals surface area contributed by atoms with Crippen LogP contribution in [0.5, 0.6) is 0 Å². The van der Waals surface area contributed by atoms with Crippen LogP contribution in [0.1, 0.15) is 36.2 Å². The van der Waals surface area contributed by atoms with Gasteiger partial charge in [0.15, 0.2) is 0 Å². The third kappa shape index (κ3) is 4.31. The minimum absolute atomic E-state index is 0.170. The number of amides is 2. The quantitative estimate of drug-likeness (QED) is 0.799. The van der Waals surface area contributed by atoms with Gasteiger partial charge in [0, 0.05) is 31.5 Å². The Morgan fingerprint density at radius 2 is 1.86 bits per heavy atom. The van der Waals surface area contributed by atoms with Crippen LogP contribution in [0, 0.1) is 0 Å². The maximum Gasteiger partial charge on any atom is 0.270 e. The van der Waals surface area contributed by atoms with E-state index in [9.17, 15) is 9.59 Å². The lowest BCUT2D eigenvalue weighted by atomic mass is 10.0. The lowest BCUT2D eigenvalue weighted by Crippen LogP contribution is -2.52. The smallest absolute Gasteiger partial charge is 0.270 e. The van der Waals surface area contributed by atoms with E-state index in [1.807, 2.05) is 0 Å². The van der Waals surface area contributed by atoms with Crippen LogP contribution in [-0.4, -0.2) is 47.5 Å². The Morgan fingerprint density at radius 1 is 1.07 bits per heavy atom. The van der Waals surface area contributed by atoms with E-state index < -0.39 is 6.04 Å². The first-order valence-electron chi connectivity index (χ1n) is 9.68. The van der Waals surface area contributed by atoms with Gasteiger partial charge in [0.2, 0.25) is 11.9 Å². The summed E-state index contributed by atoms with van der Waals surface area (Å²) in [6.45, 7) is 2.35. The van der Waals surface area contributed by atoms with Crippen LogP contribution in [-0.2, 0) is 4.79 Å². The molecule has 1 aromatic carbocycles. The standard InChI is InChI=1S/C20H21Cl2N5O2/c21-14-6-5-13(12-15(14)22)27-11-3-4-17(19(27)29)24-18(28)16-7-8-23-20(25-16)26-9-1-2-10-26/h5-8,12,17H,1-4,9-11H2,(H,24,28). The molecule has 9 heteroatoms. The van der Waals surface area contributed by atoms with Gasteiger partial charge in [0.05, 0.1) is 10.0 Å². The molecule has 1 atom stereocenters. The third-order valence-corrected chi connectivity index (χ3v) is 5.96. The zero-order valence-corrected chi connectivity index (χ0v) is 17.3. The fourth-order valence-electron chi connectivity index (χ4n) is 3.70. The van der Waals surface area contributed by atoms with Crippen LogP contribution in [0.4, 0.5) is 11.6 Å². The average molecular weight is 434 g/mol. The van der Waals surface area contributed by atoms with Crippen molar-refractivity contribution in [3.8, 4) is 0 Å². The molecule has 4 rings (SSSR count). The predicted octanol–water partition coefficient (Wildman–Crippen LogP) is 3.31. The van der Waals surface area contributed by atoms with Crippen molar-refractivity contribution in [3.05, 3.63) is 46.2 Å². The molecule has 2 aliphatic rings. The molecule has 2 aliphatic heterocycles. The number of aromatic nitrogens is 2. The van der Waals surface area contributed by atoms with Gasteiger partial charge in [-0.2, -0.15) is 0 Å². The molecule has 0 bridgehead atoms. The Kier molecular flexibility index (Phi) is 5.87. The van der Waals surface area contributed by atoms with Gasteiger partial charge in [-0.1, -0.05) is 23.2 Å². The number of halogens is 2. The minimum atomic E-state index is -0.615. The Morgan fingerprint density at radius 3 is 2.62 bits per heavy atom. The van der Waals surface area contributed by atoms with Crippen LogP contribution >= 0.6 is 23.2 Å².